The van der Waals surface area contributed by atoms with E-state index >= 15 is 0 Å². The summed E-state index contributed by atoms with van der Waals surface area (Å²) < 4.78 is 38.9. The Balaban J connectivity index is 1.55. The highest BCUT2D eigenvalue weighted by Crippen LogP contribution is 2.30. The van der Waals surface area contributed by atoms with E-state index in [0.29, 0.717) is 33.6 Å². The van der Waals surface area contributed by atoms with Gasteiger partial charge in [0.15, 0.2) is 0 Å². The number of aryl methyl sites for hydroxylation is 1. The second-order valence-corrected chi connectivity index (χ2v) is 7.68. The van der Waals surface area contributed by atoms with Crippen molar-refractivity contribution in [3.63, 3.8) is 0 Å². The second-order valence-electron chi connectivity index (χ2n) is 7.32. The van der Waals surface area contributed by atoms with Crippen molar-refractivity contribution in [1.29, 1.82) is 0 Å². The van der Waals surface area contributed by atoms with E-state index in [9.17, 15) is 18.0 Å². The number of amides is 1. The zero-order valence-corrected chi connectivity index (χ0v) is 18.4. The molecule has 0 aliphatic heterocycles. The molecule has 172 valence electrons. The maximum Gasteiger partial charge on any atom is 0.416 e. The Kier molecular flexibility index (Phi) is 6.47. The molecule has 0 saturated carbocycles. The number of nitrogens with one attached hydrogen (secondary N) is 2. The van der Waals surface area contributed by atoms with Crippen molar-refractivity contribution in [3.8, 4) is 11.3 Å². The van der Waals surface area contributed by atoms with E-state index in [0.717, 1.165) is 17.7 Å². The molecule has 0 radical (unpaired) electrons. The number of carbonyl (C=O) groups excluding carboxylic acids is 1. The maximum atomic E-state index is 13.0. The largest absolute Gasteiger partial charge is 0.416 e. The highest BCUT2D eigenvalue weighted by Gasteiger charge is 2.30. The summed E-state index contributed by atoms with van der Waals surface area (Å²) >= 11 is 6.16. The van der Waals surface area contributed by atoms with E-state index in [1.54, 1.807) is 42.6 Å². The summed E-state index contributed by atoms with van der Waals surface area (Å²) in [6, 6.07) is 14.6. The molecule has 4 rings (SSSR count). The Bertz CT molecular complexity index is 1360. The summed E-state index contributed by atoms with van der Waals surface area (Å²) in [6.07, 6.45) is -1.57. The fourth-order valence-corrected chi connectivity index (χ4v) is 3.38. The van der Waals surface area contributed by atoms with Gasteiger partial charge in [0.25, 0.3) is 5.91 Å². The summed E-state index contributed by atoms with van der Waals surface area (Å²) in [6.45, 7) is 1.86. The van der Waals surface area contributed by atoms with Crippen LogP contribution in [0.4, 0.5) is 30.4 Å². The van der Waals surface area contributed by atoms with E-state index in [-0.39, 0.29) is 5.56 Å². The number of halogens is 4. The van der Waals surface area contributed by atoms with Gasteiger partial charge >= 0.3 is 6.18 Å². The van der Waals surface area contributed by atoms with Crippen LogP contribution in [0.25, 0.3) is 11.3 Å². The first-order valence-corrected chi connectivity index (χ1v) is 10.4. The minimum absolute atomic E-state index is 0.0984. The van der Waals surface area contributed by atoms with Crippen LogP contribution in [0.3, 0.4) is 0 Å². The second kappa shape index (κ2) is 9.48. The third-order valence-electron chi connectivity index (χ3n) is 4.91. The summed E-state index contributed by atoms with van der Waals surface area (Å²) in [5.74, 6) is -0.175. The molecule has 4 aromatic rings. The van der Waals surface area contributed by atoms with Gasteiger partial charge in [-0.1, -0.05) is 23.7 Å². The number of alkyl halides is 3. The van der Waals surface area contributed by atoms with Crippen molar-refractivity contribution in [1.82, 2.24) is 15.0 Å². The molecule has 6 nitrogen and oxygen atoms in total. The molecule has 0 spiro atoms. The number of hydrogen-bond donors (Lipinski definition) is 2. The number of hydrogen-bond acceptors (Lipinski definition) is 5. The Morgan fingerprint density at radius 3 is 2.56 bits per heavy atom. The van der Waals surface area contributed by atoms with Crippen LogP contribution in [0.2, 0.25) is 5.15 Å². The number of anilines is 3. The standard InChI is InChI=1S/C24H17ClF3N5O/c1-14-7-8-17(32-23(34)15-4-2-5-16(10-15)24(26,27)28)11-19(14)33-21-12-20(30-13-31-21)18-6-3-9-29-22(18)25/h2-13H,1H3,(H,32,34)(H,30,31,33). The minimum atomic E-state index is -4.53. The molecule has 2 aromatic heterocycles. The Labute approximate surface area is 197 Å². The lowest BCUT2D eigenvalue weighted by Crippen LogP contribution is -2.14. The van der Waals surface area contributed by atoms with Gasteiger partial charge in [0.2, 0.25) is 0 Å². The highest BCUT2D eigenvalue weighted by molar-refractivity contribution is 6.32. The average molecular weight is 484 g/mol. The fraction of sp³-hybridized carbons (Fsp3) is 0.0833. The number of aromatic nitrogens is 3. The van der Waals surface area contributed by atoms with Crippen molar-refractivity contribution in [2.75, 3.05) is 10.6 Å². The minimum Gasteiger partial charge on any atom is -0.340 e. The van der Waals surface area contributed by atoms with E-state index in [2.05, 4.69) is 25.6 Å². The molecule has 0 saturated heterocycles. The summed E-state index contributed by atoms with van der Waals surface area (Å²) in [5, 5.41) is 6.11. The van der Waals surface area contributed by atoms with E-state index in [4.69, 9.17) is 11.6 Å². The third kappa shape index (κ3) is 5.32. The number of benzene rings is 2. The van der Waals surface area contributed by atoms with Crippen LogP contribution >= 0.6 is 11.6 Å². The van der Waals surface area contributed by atoms with Crippen LogP contribution in [0.5, 0.6) is 0 Å². The number of carbonyl (C=O) groups is 1. The molecule has 0 atom stereocenters. The maximum absolute atomic E-state index is 13.0. The van der Waals surface area contributed by atoms with Gasteiger partial charge in [-0.3, -0.25) is 4.79 Å². The van der Waals surface area contributed by atoms with Crippen LogP contribution in [0.15, 0.2) is 73.2 Å². The topological polar surface area (TPSA) is 79.8 Å². The van der Waals surface area contributed by atoms with E-state index in [1.165, 1.54) is 18.5 Å². The molecule has 0 aliphatic carbocycles. The van der Waals surface area contributed by atoms with Gasteiger partial charge in [0, 0.05) is 34.8 Å². The number of nitrogens with zero attached hydrogens (tertiary/aromatic N) is 3. The van der Waals surface area contributed by atoms with Gasteiger partial charge in [-0.2, -0.15) is 13.2 Å². The number of pyridine rings is 1. The molecular weight excluding hydrogens is 467 g/mol. The van der Waals surface area contributed by atoms with Gasteiger partial charge in [0.1, 0.15) is 17.3 Å². The smallest absolute Gasteiger partial charge is 0.340 e. The Hall–Kier alpha value is -3.98. The normalized spacial score (nSPS) is 11.2. The Morgan fingerprint density at radius 1 is 0.971 bits per heavy atom. The first-order valence-electron chi connectivity index (χ1n) is 10.00. The predicted octanol–water partition coefficient (Wildman–Crippen LogP) is 6.52. The van der Waals surface area contributed by atoms with Crippen molar-refractivity contribution >= 4 is 34.7 Å². The monoisotopic (exact) mass is 483 g/mol. The Morgan fingerprint density at radius 2 is 1.79 bits per heavy atom. The zero-order chi connectivity index (χ0) is 24.3. The molecule has 1 amide bonds. The fourth-order valence-electron chi connectivity index (χ4n) is 3.16. The lowest BCUT2D eigenvalue weighted by molar-refractivity contribution is -0.137. The van der Waals surface area contributed by atoms with Crippen LogP contribution in [-0.2, 0) is 6.18 Å². The quantitative estimate of drug-likeness (QED) is 0.316. The van der Waals surface area contributed by atoms with Crippen LogP contribution in [0, 0.1) is 6.92 Å². The first kappa shape index (κ1) is 23.2. The summed E-state index contributed by atoms with van der Waals surface area (Å²) in [4.78, 5) is 25.1. The third-order valence-corrected chi connectivity index (χ3v) is 5.21. The molecule has 10 heteroatoms. The van der Waals surface area contributed by atoms with Crippen LogP contribution in [-0.4, -0.2) is 20.9 Å². The van der Waals surface area contributed by atoms with Crippen molar-refractivity contribution in [3.05, 3.63) is 95.0 Å². The summed E-state index contributed by atoms with van der Waals surface area (Å²) in [5.41, 5.74) is 2.13. The SMILES string of the molecule is Cc1ccc(NC(=O)c2cccc(C(F)(F)F)c2)cc1Nc1cc(-c2cccnc2Cl)ncn1. The molecule has 34 heavy (non-hydrogen) atoms. The van der Waals surface area contributed by atoms with Gasteiger partial charge < -0.3 is 10.6 Å². The molecule has 0 unspecified atom stereocenters. The van der Waals surface area contributed by atoms with Crippen molar-refractivity contribution < 1.29 is 18.0 Å². The lowest BCUT2D eigenvalue weighted by Gasteiger charge is -2.13. The van der Waals surface area contributed by atoms with Gasteiger partial charge in [-0.05, 0) is 55.0 Å². The molecule has 0 fully saturated rings. The van der Waals surface area contributed by atoms with E-state index < -0.39 is 17.6 Å². The molecule has 2 aromatic carbocycles. The highest BCUT2D eigenvalue weighted by atomic mass is 35.5. The van der Waals surface area contributed by atoms with Crippen LogP contribution < -0.4 is 10.6 Å². The van der Waals surface area contributed by atoms with Crippen molar-refractivity contribution in [2.24, 2.45) is 0 Å². The zero-order valence-electron chi connectivity index (χ0n) is 17.7. The predicted molar refractivity (Wildman–Crippen MR) is 124 cm³/mol. The van der Waals surface area contributed by atoms with Crippen molar-refractivity contribution in [2.45, 2.75) is 13.1 Å². The van der Waals surface area contributed by atoms with E-state index in [1.807, 2.05) is 6.92 Å². The van der Waals surface area contributed by atoms with Gasteiger partial charge in [0.05, 0.1) is 11.3 Å². The molecular formula is C24H17ClF3N5O. The molecule has 2 N–H and O–H groups in total. The molecule has 0 aliphatic rings. The lowest BCUT2D eigenvalue weighted by atomic mass is 10.1. The first-order chi connectivity index (χ1) is 16.2. The summed E-state index contributed by atoms with van der Waals surface area (Å²) in [7, 11) is 0. The van der Waals surface area contributed by atoms with Crippen LogP contribution in [0.1, 0.15) is 21.5 Å². The van der Waals surface area contributed by atoms with Gasteiger partial charge in [-0.15, -0.1) is 0 Å². The molecule has 2 heterocycles. The van der Waals surface area contributed by atoms with Gasteiger partial charge in [-0.25, -0.2) is 15.0 Å². The number of rotatable bonds is 5. The average Bonchev–Trinajstić information content (AvgIpc) is 2.81. The molecule has 0 bridgehead atoms.